The van der Waals surface area contributed by atoms with Gasteiger partial charge in [0.2, 0.25) is 0 Å². The molecule has 1 aromatic carbocycles. The molecule has 12 heavy (non-hydrogen) atoms. The SMILES string of the molecule is Cc1ccccc1C(O)C(Cl)Cl. The minimum absolute atomic E-state index is 0.772. The highest BCUT2D eigenvalue weighted by Gasteiger charge is 2.16. The van der Waals surface area contributed by atoms with Crippen molar-refractivity contribution in [1.29, 1.82) is 0 Å². The van der Waals surface area contributed by atoms with Crippen molar-refractivity contribution < 1.29 is 5.11 Å². The van der Waals surface area contributed by atoms with Crippen LogP contribution in [0.1, 0.15) is 17.2 Å². The van der Waals surface area contributed by atoms with Crippen molar-refractivity contribution in [2.24, 2.45) is 0 Å². The second kappa shape index (κ2) is 4.13. The number of aryl methyl sites for hydroxylation is 1. The molecule has 0 aliphatic heterocycles. The van der Waals surface area contributed by atoms with Gasteiger partial charge in [-0.25, -0.2) is 0 Å². The van der Waals surface area contributed by atoms with Gasteiger partial charge in [-0.1, -0.05) is 24.3 Å². The van der Waals surface area contributed by atoms with E-state index in [1.165, 1.54) is 0 Å². The van der Waals surface area contributed by atoms with Gasteiger partial charge in [-0.05, 0) is 18.1 Å². The van der Waals surface area contributed by atoms with Crippen molar-refractivity contribution in [3.05, 3.63) is 35.4 Å². The van der Waals surface area contributed by atoms with E-state index in [-0.39, 0.29) is 0 Å². The summed E-state index contributed by atoms with van der Waals surface area (Å²) in [5.41, 5.74) is 1.78. The Bertz CT molecular complexity index is 260. The summed E-state index contributed by atoms with van der Waals surface area (Å²) >= 11 is 11.1. The van der Waals surface area contributed by atoms with Crippen LogP contribution in [0.25, 0.3) is 0 Å². The van der Waals surface area contributed by atoms with E-state index in [1.54, 1.807) is 0 Å². The third-order valence-electron chi connectivity index (χ3n) is 1.75. The van der Waals surface area contributed by atoms with E-state index in [9.17, 15) is 5.11 Å². The molecule has 0 amide bonds. The van der Waals surface area contributed by atoms with Crippen LogP contribution >= 0.6 is 23.2 Å². The summed E-state index contributed by atoms with van der Waals surface area (Å²) in [5.74, 6) is 0. The molecule has 0 bridgehead atoms. The number of aliphatic hydroxyl groups is 1. The van der Waals surface area contributed by atoms with Gasteiger partial charge in [-0.3, -0.25) is 0 Å². The van der Waals surface area contributed by atoms with Crippen LogP contribution in [-0.4, -0.2) is 9.94 Å². The number of hydrogen-bond donors (Lipinski definition) is 1. The number of halogens is 2. The zero-order valence-electron chi connectivity index (χ0n) is 6.67. The fraction of sp³-hybridized carbons (Fsp3) is 0.333. The van der Waals surface area contributed by atoms with Crippen molar-refractivity contribution in [2.45, 2.75) is 17.9 Å². The molecular weight excluding hydrogens is 195 g/mol. The van der Waals surface area contributed by atoms with Crippen LogP contribution < -0.4 is 0 Å². The fourth-order valence-electron chi connectivity index (χ4n) is 1.05. The van der Waals surface area contributed by atoms with Crippen LogP contribution in [0, 0.1) is 6.92 Å². The lowest BCUT2D eigenvalue weighted by Gasteiger charge is -2.13. The van der Waals surface area contributed by atoms with Gasteiger partial charge >= 0.3 is 0 Å². The van der Waals surface area contributed by atoms with Crippen LogP contribution in [0.15, 0.2) is 24.3 Å². The second-order valence-electron chi connectivity index (χ2n) is 2.64. The summed E-state index contributed by atoms with van der Waals surface area (Å²) in [7, 11) is 0. The zero-order valence-corrected chi connectivity index (χ0v) is 8.18. The Balaban J connectivity index is 2.94. The van der Waals surface area contributed by atoms with Crippen LogP contribution in [0.5, 0.6) is 0 Å². The highest BCUT2D eigenvalue weighted by Crippen LogP contribution is 2.25. The zero-order chi connectivity index (χ0) is 9.14. The van der Waals surface area contributed by atoms with Gasteiger partial charge in [-0.15, -0.1) is 23.2 Å². The molecule has 0 saturated heterocycles. The molecule has 0 spiro atoms. The van der Waals surface area contributed by atoms with Crippen molar-refractivity contribution in [3.63, 3.8) is 0 Å². The van der Waals surface area contributed by atoms with Gasteiger partial charge < -0.3 is 5.11 Å². The third kappa shape index (κ3) is 2.13. The van der Waals surface area contributed by atoms with Gasteiger partial charge in [0.25, 0.3) is 0 Å². The maximum atomic E-state index is 9.51. The van der Waals surface area contributed by atoms with Gasteiger partial charge in [0.05, 0.1) is 0 Å². The smallest absolute Gasteiger partial charge is 0.137 e. The molecule has 0 radical (unpaired) electrons. The second-order valence-corrected chi connectivity index (χ2v) is 3.80. The van der Waals surface area contributed by atoms with E-state index in [4.69, 9.17) is 23.2 Å². The molecule has 1 rings (SSSR count). The number of hydrogen-bond acceptors (Lipinski definition) is 1. The molecule has 1 nitrogen and oxygen atoms in total. The summed E-state index contributed by atoms with van der Waals surface area (Å²) in [5, 5.41) is 9.51. The highest BCUT2D eigenvalue weighted by molar-refractivity contribution is 6.44. The predicted octanol–water partition coefficient (Wildman–Crippen LogP) is 2.83. The Kier molecular flexibility index (Phi) is 3.39. The molecule has 1 N–H and O–H groups in total. The van der Waals surface area contributed by atoms with Crippen molar-refractivity contribution in [1.82, 2.24) is 0 Å². The van der Waals surface area contributed by atoms with Crippen molar-refractivity contribution in [2.75, 3.05) is 0 Å². The minimum atomic E-state index is -0.797. The maximum absolute atomic E-state index is 9.51. The third-order valence-corrected chi connectivity index (χ3v) is 2.22. The first kappa shape index (κ1) is 9.85. The molecule has 0 aromatic heterocycles. The average molecular weight is 205 g/mol. The first-order valence-corrected chi connectivity index (χ1v) is 4.52. The van der Waals surface area contributed by atoms with E-state index < -0.39 is 10.9 Å². The largest absolute Gasteiger partial charge is 0.386 e. The fourth-order valence-corrected chi connectivity index (χ4v) is 1.33. The van der Waals surface area contributed by atoms with Crippen LogP contribution in [0.4, 0.5) is 0 Å². The lowest BCUT2D eigenvalue weighted by atomic mass is 10.1. The van der Waals surface area contributed by atoms with Gasteiger partial charge in [-0.2, -0.15) is 0 Å². The first-order chi connectivity index (χ1) is 5.63. The number of rotatable bonds is 2. The van der Waals surface area contributed by atoms with Gasteiger partial charge in [0.15, 0.2) is 0 Å². The molecule has 0 aliphatic rings. The summed E-state index contributed by atoms with van der Waals surface area (Å²) in [4.78, 5) is -0.772. The Morgan fingerprint density at radius 2 is 1.83 bits per heavy atom. The van der Waals surface area contributed by atoms with Gasteiger partial charge in [0.1, 0.15) is 10.9 Å². The molecule has 0 aliphatic carbocycles. The van der Waals surface area contributed by atoms with E-state index in [1.807, 2.05) is 31.2 Å². The van der Waals surface area contributed by atoms with E-state index >= 15 is 0 Å². The van der Waals surface area contributed by atoms with Gasteiger partial charge in [0, 0.05) is 0 Å². The van der Waals surface area contributed by atoms with Crippen LogP contribution in [0.2, 0.25) is 0 Å². The Morgan fingerprint density at radius 3 is 2.33 bits per heavy atom. The summed E-state index contributed by atoms with van der Waals surface area (Å²) in [6, 6.07) is 7.48. The maximum Gasteiger partial charge on any atom is 0.137 e. The van der Waals surface area contributed by atoms with Crippen LogP contribution in [-0.2, 0) is 0 Å². The quantitative estimate of drug-likeness (QED) is 0.736. The summed E-state index contributed by atoms with van der Waals surface area (Å²) in [6.07, 6.45) is -0.797. The molecule has 1 aromatic rings. The normalized spacial score (nSPS) is 13.4. The molecular formula is C9H10Cl2O. The Labute approximate surface area is 81.9 Å². The Morgan fingerprint density at radius 1 is 1.25 bits per heavy atom. The topological polar surface area (TPSA) is 20.2 Å². The summed E-state index contributed by atoms with van der Waals surface area (Å²) < 4.78 is 0. The molecule has 0 heterocycles. The Hall–Kier alpha value is -0.240. The molecule has 1 unspecified atom stereocenters. The van der Waals surface area contributed by atoms with E-state index in [0.29, 0.717) is 0 Å². The van der Waals surface area contributed by atoms with E-state index in [2.05, 4.69) is 0 Å². The number of benzene rings is 1. The lowest BCUT2D eigenvalue weighted by Crippen LogP contribution is -2.07. The predicted molar refractivity (Wildman–Crippen MR) is 51.6 cm³/mol. The first-order valence-electron chi connectivity index (χ1n) is 3.64. The van der Waals surface area contributed by atoms with E-state index in [0.717, 1.165) is 11.1 Å². The van der Waals surface area contributed by atoms with Crippen molar-refractivity contribution >= 4 is 23.2 Å². The highest BCUT2D eigenvalue weighted by atomic mass is 35.5. The summed E-state index contributed by atoms with van der Waals surface area (Å²) in [6.45, 7) is 1.91. The van der Waals surface area contributed by atoms with Crippen molar-refractivity contribution in [3.8, 4) is 0 Å². The van der Waals surface area contributed by atoms with Crippen LogP contribution in [0.3, 0.4) is 0 Å². The average Bonchev–Trinajstić information content (AvgIpc) is 2.04. The number of alkyl halides is 2. The molecule has 66 valence electrons. The molecule has 1 atom stereocenters. The molecule has 0 fully saturated rings. The molecule has 3 heteroatoms. The monoisotopic (exact) mass is 204 g/mol. The lowest BCUT2D eigenvalue weighted by molar-refractivity contribution is 0.192. The number of aliphatic hydroxyl groups excluding tert-OH is 1. The minimum Gasteiger partial charge on any atom is -0.386 e. The molecule has 0 saturated carbocycles. The standard InChI is InChI=1S/C9H10Cl2O/c1-6-4-2-3-5-7(6)8(12)9(10)11/h2-5,8-9,12H,1H3.